The standard InChI is InChI=1S/C11H16N8O7S/c12-10-13-5-17(16-10)4-8(20)14-15-9(21)7-2-1-6-3-18(7)11(22)19(6)26-27(23,24)25/h5-7H,1-4H2,(H2,12,16)(H,14,20)(H,15,21)(H,23,24,25). The Labute approximate surface area is 152 Å². The molecular weight excluding hydrogens is 388 g/mol. The third-order valence-electron chi connectivity index (χ3n) is 3.98. The smallest absolute Gasteiger partial charge is 0.367 e. The van der Waals surface area contributed by atoms with Crippen molar-refractivity contribution in [1.29, 1.82) is 0 Å². The lowest BCUT2D eigenvalue weighted by molar-refractivity contribution is -0.132. The Bertz CT molecular complexity index is 870. The Morgan fingerprint density at radius 1 is 1.37 bits per heavy atom. The van der Waals surface area contributed by atoms with Gasteiger partial charge in [-0.05, 0) is 12.8 Å². The molecule has 0 saturated carbocycles. The first-order chi connectivity index (χ1) is 12.6. The van der Waals surface area contributed by atoms with Crippen LogP contribution in [0, 0.1) is 0 Å². The fourth-order valence-corrected chi connectivity index (χ4v) is 3.28. The molecule has 27 heavy (non-hydrogen) atoms. The maximum absolute atomic E-state index is 12.3. The largest absolute Gasteiger partial charge is 0.418 e. The molecular formula is C11H16N8O7S. The summed E-state index contributed by atoms with van der Waals surface area (Å²) < 4.78 is 35.9. The molecule has 3 heterocycles. The Balaban J connectivity index is 1.55. The summed E-state index contributed by atoms with van der Waals surface area (Å²) in [5, 5.41) is 4.24. The molecule has 2 saturated heterocycles. The van der Waals surface area contributed by atoms with Crippen molar-refractivity contribution in [2.75, 3.05) is 12.3 Å². The van der Waals surface area contributed by atoms with E-state index in [2.05, 4.69) is 25.2 Å². The van der Waals surface area contributed by atoms with Crippen LogP contribution in [-0.4, -0.2) is 74.2 Å². The van der Waals surface area contributed by atoms with Crippen LogP contribution in [0.3, 0.4) is 0 Å². The molecule has 0 spiro atoms. The van der Waals surface area contributed by atoms with Gasteiger partial charge in [0.2, 0.25) is 5.95 Å². The lowest BCUT2D eigenvalue weighted by atomic mass is 10.0. The number of rotatable bonds is 5. The molecule has 5 N–H and O–H groups in total. The van der Waals surface area contributed by atoms with E-state index in [9.17, 15) is 22.8 Å². The summed E-state index contributed by atoms with van der Waals surface area (Å²) in [5.41, 5.74) is 9.69. The topological polar surface area (TPSA) is 202 Å². The molecule has 0 aromatic carbocycles. The van der Waals surface area contributed by atoms with Crippen molar-refractivity contribution in [3.8, 4) is 0 Å². The number of urea groups is 1. The molecule has 3 rings (SSSR count). The van der Waals surface area contributed by atoms with Crippen LogP contribution in [0.15, 0.2) is 6.33 Å². The predicted octanol–water partition coefficient (Wildman–Crippen LogP) is -2.99. The van der Waals surface area contributed by atoms with Gasteiger partial charge in [0.15, 0.2) is 0 Å². The second kappa shape index (κ2) is 6.97. The third kappa shape index (κ3) is 4.23. The van der Waals surface area contributed by atoms with Crippen molar-refractivity contribution in [3.05, 3.63) is 6.33 Å². The minimum atomic E-state index is -4.87. The number of amides is 4. The summed E-state index contributed by atoms with van der Waals surface area (Å²) in [5.74, 6) is -1.28. The highest BCUT2D eigenvalue weighted by Crippen LogP contribution is 2.30. The molecule has 16 heteroatoms. The van der Waals surface area contributed by atoms with Crippen molar-refractivity contribution in [3.63, 3.8) is 0 Å². The zero-order valence-corrected chi connectivity index (χ0v) is 14.5. The van der Waals surface area contributed by atoms with Gasteiger partial charge in [-0.25, -0.2) is 14.5 Å². The Morgan fingerprint density at radius 2 is 2.11 bits per heavy atom. The van der Waals surface area contributed by atoms with E-state index < -0.39 is 40.3 Å². The van der Waals surface area contributed by atoms with Crippen molar-refractivity contribution in [2.24, 2.45) is 0 Å². The van der Waals surface area contributed by atoms with Crippen LogP contribution < -0.4 is 16.6 Å². The summed E-state index contributed by atoms with van der Waals surface area (Å²) in [4.78, 5) is 41.0. The van der Waals surface area contributed by atoms with E-state index in [0.717, 1.165) is 9.58 Å². The number of nitrogens with one attached hydrogen (secondary N) is 2. The molecule has 15 nitrogen and oxygen atoms in total. The highest BCUT2D eigenvalue weighted by molar-refractivity contribution is 7.80. The number of hydrazine groups is 1. The number of anilines is 1. The second-order valence-electron chi connectivity index (χ2n) is 5.85. The van der Waals surface area contributed by atoms with Gasteiger partial charge < -0.3 is 10.6 Å². The molecule has 148 valence electrons. The number of nitrogens with two attached hydrogens (primary N) is 1. The number of hydrogen-bond acceptors (Lipinski definition) is 9. The molecule has 4 amide bonds. The van der Waals surface area contributed by atoms with Gasteiger partial charge in [-0.3, -0.25) is 25.0 Å². The van der Waals surface area contributed by atoms with Gasteiger partial charge >= 0.3 is 16.4 Å². The van der Waals surface area contributed by atoms with Gasteiger partial charge in [-0.2, -0.15) is 13.5 Å². The normalized spacial score (nSPS) is 22.0. The molecule has 2 aliphatic heterocycles. The highest BCUT2D eigenvalue weighted by Gasteiger charge is 2.49. The number of aromatic nitrogens is 3. The van der Waals surface area contributed by atoms with Gasteiger partial charge in [-0.1, -0.05) is 0 Å². The molecule has 2 aliphatic rings. The lowest BCUT2D eigenvalue weighted by Gasteiger charge is -2.29. The predicted molar refractivity (Wildman–Crippen MR) is 84.1 cm³/mol. The maximum atomic E-state index is 12.3. The van der Waals surface area contributed by atoms with Crippen molar-refractivity contribution in [1.82, 2.24) is 35.6 Å². The first-order valence-electron chi connectivity index (χ1n) is 7.64. The van der Waals surface area contributed by atoms with Crippen LogP contribution in [0.25, 0.3) is 0 Å². The van der Waals surface area contributed by atoms with Crippen LogP contribution in [0.4, 0.5) is 10.7 Å². The number of hydrogen-bond donors (Lipinski definition) is 4. The van der Waals surface area contributed by atoms with E-state index in [1.165, 1.54) is 6.33 Å². The van der Waals surface area contributed by atoms with E-state index in [1.807, 2.05) is 0 Å². The zero-order valence-electron chi connectivity index (χ0n) is 13.7. The first kappa shape index (κ1) is 18.8. The fraction of sp³-hybridized carbons (Fsp3) is 0.545. The van der Waals surface area contributed by atoms with Crippen LogP contribution in [0.2, 0.25) is 0 Å². The molecule has 0 radical (unpaired) electrons. The third-order valence-corrected chi connectivity index (χ3v) is 4.33. The Kier molecular flexibility index (Phi) is 4.85. The van der Waals surface area contributed by atoms with Crippen molar-refractivity contribution >= 4 is 34.2 Å². The second-order valence-corrected chi connectivity index (χ2v) is 6.85. The van der Waals surface area contributed by atoms with Gasteiger partial charge in [0.05, 0.1) is 6.04 Å². The van der Waals surface area contributed by atoms with E-state index in [1.54, 1.807) is 0 Å². The number of nitrogen functional groups attached to an aromatic ring is 1. The average molecular weight is 404 g/mol. The first-order valence-corrected chi connectivity index (χ1v) is 9.01. The van der Waals surface area contributed by atoms with Crippen LogP contribution in [0.1, 0.15) is 12.8 Å². The van der Waals surface area contributed by atoms with Crippen LogP contribution in [-0.2, 0) is 30.8 Å². The number of carbonyl (C=O) groups is 3. The van der Waals surface area contributed by atoms with Gasteiger partial charge in [0, 0.05) is 6.54 Å². The summed E-state index contributed by atoms with van der Waals surface area (Å²) in [7, 11) is -4.87. The summed E-state index contributed by atoms with van der Waals surface area (Å²) in [6.45, 7) is -0.200. The van der Waals surface area contributed by atoms with E-state index in [0.29, 0.717) is 5.06 Å². The molecule has 2 atom stereocenters. The van der Waals surface area contributed by atoms with E-state index >= 15 is 0 Å². The maximum Gasteiger partial charge on any atom is 0.418 e. The van der Waals surface area contributed by atoms with Crippen LogP contribution >= 0.6 is 0 Å². The molecule has 2 bridgehead atoms. The fourth-order valence-electron chi connectivity index (χ4n) is 2.89. The Hall–Kier alpha value is -2.98. The van der Waals surface area contributed by atoms with E-state index in [-0.39, 0.29) is 31.9 Å². The number of carbonyl (C=O) groups excluding carboxylic acids is 3. The molecule has 1 aromatic heterocycles. The summed E-state index contributed by atoms with van der Waals surface area (Å²) in [6.07, 6.45) is 1.72. The van der Waals surface area contributed by atoms with Gasteiger partial charge in [0.25, 0.3) is 11.8 Å². The number of piperidine rings is 1. The molecule has 2 unspecified atom stereocenters. The average Bonchev–Trinajstić information content (AvgIpc) is 3.09. The number of hydroxylamine groups is 2. The summed E-state index contributed by atoms with van der Waals surface area (Å²) in [6, 6.07) is -2.43. The van der Waals surface area contributed by atoms with Crippen LogP contribution in [0.5, 0.6) is 0 Å². The number of nitrogens with zero attached hydrogens (tertiary/aromatic N) is 5. The monoisotopic (exact) mass is 404 g/mol. The number of fused-ring (bicyclic) bond motifs is 2. The zero-order chi connectivity index (χ0) is 19.8. The molecule has 2 fully saturated rings. The molecule has 1 aromatic rings. The minimum absolute atomic E-state index is 0.00666. The van der Waals surface area contributed by atoms with E-state index in [4.69, 9.17) is 10.3 Å². The Morgan fingerprint density at radius 3 is 2.74 bits per heavy atom. The van der Waals surface area contributed by atoms with Gasteiger partial charge in [0.1, 0.15) is 18.9 Å². The minimum Gasteiger partial charge on any atom is -0.367 e. The lowest BCUT2D eigenvalue weighted by Crippen LogP contribution is -2.54. The quantitative estimate of drug-likeness (QED) is 0.289. The molecule has 0 aliphatic carbocycles. The van der Waals surface area contributed by atoms with Crippen molar-refractivity contribution in [2.45, 2.75) is 31.5 Å². The SMILES string of the molecule is Nc1ncn(CC(=O)NNC(=O)C2CCC3CN2C(=O)N3OS(=O)(=O)O)n1. The summed E-state index contributed by atoms with van der Waals surface area (Å²) >= 11 is 0. The van der Waals surface area contributed by atoms with Crippen molar-refractivity contribution < 1.29 is 31.6 Å². The van der Waals surface area contributed by atoms with Gasteiger partial charge in [-0.15, -0.1) is 9.38 Å². The highest BCUT2D eigenvalue weighted by atomic mass is 32.3.